The molecule has 0 rings (SSSR count). The van der Waals surface area contributed by atoms with E-state index < -0.39 is 0 Å². The number of carbonyl (C=O) groups is 1. The van der Waals surface area contributed by atoms with E-state index in [0.29, 0.717) is 5.57 Å². The summed E-state index contributed by atoms with van der Waals surface area (Å²) in [5, 5.41) is 0. The third-order valence-corrected chi connectivity index (χ3v) is 1.48. The van der Waals surface area contributed by atoms with Crippen LogP contribution in [0.2, 0.25) is 0 Å². The van der Waals surface area contributed by atoms with Gasteiger partial charge in [-0.25, -0.2) is 0 Å². The second kappa shape index (κ2) is 3.88. The topological polar surface area (TPSA) is 43.1 Å². The zero-order chi connectivity index (χ0) is 8.15. The lowest BCUT2D eigenvalue weighted by Gasteiger charge is -1.99. The highest BCUT2D eigenvalue weighted by molar-refractivity contribution is 5.92. The molecule has 0 aliphatic heterocycles. The molecule has 0 bridgehead atoms. The smallest absolute Gasteiger partial charge is 0.244 e. The van der Waals surface area contributed by atoms with E-state index in [1.165, 1.54) is 0 Å². The van der Waals surface area contributed by atoms with E-state index in [4.69, 9.17) is 5.73 Å². The van der Waals surface area contributed by atoms with Crippen molar-refractivity contribution in [3.05, 3.63) is 23.8 Å². The second-order valence-corrected chi connectivity index (χ2v) is 2.07. The first-order valence-electron chi connectivity index (χ1n) is 3.25. The molecule has 2 heteroatoms. The molecule has 2 N–H and O–H groups in total. The second-order valence-electron chi connectivity index (χ2n) is 2.07. The number of primary amides is 1. The number of amides is 1. The normalized spacial score (nSPS) is 12.2. The van der Waals surface area contributed by atoms with Gasteiger partial charge in [-0.1, -0.05) is 19.6 Å². The number of allylic oxidation sites excluding steroid dienone is 2. The van der Waals surface area contributed by atoms with E-state index in [9.17, 15) is 4.79 Å². The molecule has 0 aromatic rings. The summed E-state index contributed by atoms with van der Waals surface area (Å²) in [5.74, 6) is -0.364. The monoisotopic (exact) mass is 139 g/mol. The van der Waals surface area contributed by atoms with E-state index >= 15 is 0 Å². The SMILES string of the molecule is C=CC(CC)=C(C)C(N)=O. The number of rotatable bonds is 3. The lowest BCUT2D eigenvalue weighted by molar-refractivity contribution is -0.114. The van der Waals surface area contributed by atoms with Crippen LogP contribution in [0.25, 0.3) is 0 Å². The molecule has 2 nitrogen and oxygen atoms in total. The van der Waals surface area contributed by atoms with E-state index in [2.05, 4.69) is 6.58 Å². The predicted octanol–water partition coefficient (Wildman–Crippen LogP) is 1.38. The van der Waals surface area contributed by atoms with Gasteiger partial charge in [-0.3, -0.25) is 4.79 Å². The fourth-order valence-corrected chi connectivity index (χ4v) is 0.721. The van der Waals surface area contributed by atoms with Crippen LogP contribution in [0, 0.1) is 0 Å². The molecule has 0 aromatic carbocycles. The van der Waals surface area contributed by atoms with E-state index in [-0.39, 0.29) is 5.91 Å². The summed E-state index contributed by atoms with van der Waals surface area (Å²) >= 11 is 0. The van der Waals surface area contributed by atoms with Crippen molar-refractivity contribution in [2.75, 3.05) is 0 Å². The summed E-state index contributed by atoms with van der Waals surface area (Å²) in [6.07, 6.45) is 2.47. The van der Waals surface area contributed by atoms with Gasteiger partial charge in [0.15, 0.2) is 0 Å². The predicted molar refractivity (Wildman–Crippen MR) is 42.4 cm³/mol. The number of hydrogen-bond donors (Lipinski definition) is 1. The van der Waals surface area contributed by atoms with Crippen LogP contribution < -0.4 is 5.73 Å². The molecule has 0 fully saturated rings. The lowest BCUT2D eigenvalue weighted by Crippen LogP contribution is -2.13. The molecule has 0 unspecified atom stereocenters. The number of hydrogen-bond acceptors (Lipinski definition) is 1. The Morgan fingerprint density at radius 1 is 1.70 bits per heavy atom. The van der Waals surface area contributed by atoms with Gasteiger partial charge in [-0.2, -0.15) is 0 Å². The van der Waals surface area contributed by atoms with Crippen LogP contribution in [-0.2, 0) is 4.79 Å². The number of nitrogens with two attached hydrogens (primary N) is 1. The molecule has 0 radical (unpaired) electrons. The standard InChI is InChI=1S/C8H13NO/c1-4-7(5-2)6(3)8(9)10/h4H,1,5H2,2-3H3,(H2,9,10). The summed E-state index contributed by atoms with van der Waals surface area (Å²) in [5.41, 5.74) is 6.58. The van der Waals surface area contributed by atoms with Gasteiger partial charge in [0, 0.05) is 5.57 Å². The first-order chi connectivity index (χ1) is 4.63. The number of carbonyl (C=O) groups excluding carboxylic acids is 1. The van der Waals surface area contributed by atoms with E-state index in [0.717, 1.165) is 12.0 Å². The summed E-state index contributed by atoms with van der Waals surface area (Å²) in [7, 11) is 0. The maximum atomic E-state index is 10.6. The molecule has 0 aliphatic carbocycles. The summed E-state index contributed by atoms with van der Waals surface area (Å²) in [6.45, 7) is 7.24. The van der Waals surface area contributed by atoms with Crippen LogP contribution in [-0.4, -0.2) is 5.91 Å². The van der Waals surface area contributed by atoms with Crippen LogP contribution >= 0.6 is 0 Å². The Kier molecular flexibility index (Phi) is 3.47. The first-order valence-corrected chi connectivity index (χ1v) is 3.25. The third kappa shape index (κ3) is 2.05. The molecule has 0 saturated heterocycles. The minimum Gasteiger partial charge on any atom is -0.366 e. The fraction of sp³-hybridized carbons (Fsp3) is 0.375. The van der Waals surface area contributed by atoms with Gasteiger partial charge in [-0.05, 0) is 18.9 Å². The highest BCUT2D eigenvalue weighted by Crippen LogP contribution is 2.07. The van der Waals surface area contributed by atoms with Gasteiger partial charge < -0.3 is 5.73 Å². The minimum absolute atomic E-state index is 0.364. The Bertz CT molecular complexity index is 180. The van der Waals surface area contributed by atoms with Gasteiger partial charge in [-0.15, -0.1) is 0 Å². The highest BCUT2D eigenvalue weighted by atomic mass is 16.1. The summed E-state index contributed by atoms with van der Waals surface area (Å²) < 4.78 is 0. The quantitative estimate of drug-likeness (QED) is 0.466. The van der Waals surface area contributed by atoms with E-state index in [1.807, 2.05) is 6.92 Å². The average Bonchev–Trinajstić information content (AvgIpc) is 1.90. The molecule has 10 heavy (non-hydrogen) atoms. The lowest BCUT2D eigenvalue weighted by atomic mass is 10.1. The molecule has 0 aromatic heterocycles. The Labute approximate surface area is 61.4 Å². The zero-order valence-electron chi connectivity index (χ0n) is 6.48. The van der Waals surface area contributed by atoms with Crippen LogP contribution in [0.15, 0.2) is 23.8 Å². The van der Waals surface area contributed by atoms with Crippen LogP contribution in [0.3, 0.4) is 0 Å². The summed E-state index contributed by atoms with van der Waals surface area (Å²) in [6, 6.07) is 0. The van der Waals surface area contributed by atoms with Gasteiger partial charge in [0.25, 0.3) is 0 Å². The van der Waals surface area contributed by atoms with Crippen molar-refractivity contribution in [3.63, 3.8) is 0 Å². The molecule has 1 amide bonds. The van der Waals surface area contributed by atoms with Crippen molar-refractivity contribution in [1.82, 2.24) is 0 Å². The highest BCUT2D eigenvalue weighted by Gasteiger charge is 2.00. The van der Waals surface area contributed by atoms with Crippen molar-refractivity contribution in [3.8, 4) is 0 Å². The van der Waals surface area contributed by atoms with Crippen molar-refractivity contribution in [2.45, 2.75) is 20.3 Å². The molecule has 0 spiro atoms. The summed E-state index contributed by atoms with van der Waals surface area (Å²) in [4.78, 5) is 10.6. The molecule has 0 atom stereocenters. The van der Waals surface area contributed by atoms with Crippen LogP contribution in [0.5, 0.6) is 0 Å². The molecule has 0 aliphatic rings. The average molecular weight is 139 g/mol. The van der Waals surface area contributed by atoms with E-state index in [1.54, 1.807) is 13.0 Å². The fourth-order valence-electron chi connectivity index (χ4n) is 0.721. The van der Waals surface area contributed by atoms with Gasteiger partial charge in [0.1, 0.15) is 0 Å². The molecule has 0 heterocycles. The Morgan fingerprint density at radius 2 is 2.20 bits per heavy atom. The molecular weight excluding hydrogens is 126 g/mol. The van der Waals surface area contributed by atoms with Crippen molar-refractivity contribution >= 4 is 5.91 Å². The van der Waals surface area contributed by atoms with Crippen molar-refractivity contribution in [2.24, 2.45) is 5.73 Å². The van der Waals surface area contributed by atoms with Crippen molar-refractivity contribution in [1.29, 1.82) is 0 Å². The van der Waals surface area contributed by atoms with Gasteiger partial charge >= 0.3 is 0 Å². The van der Waals surface area contributed by atoms with Gasteiger partial charge in [0.2, 0.25) is 5.91 Å². The Hall–Kier alpha value is -1.05. The zero-order valence-corrected chi connectivity index (χ0v) is 6.48. The van der Waals surface area contributed by atoms with Crippen LogP contribution in [0.1, 0.15) is 20.3 Å². The van der Waals surface area contributed by atoms with Crippen molar-refractivity contribution < 1.29 is 4.79 Å². The van der Waals surface area contributed by atoms with Crippen LogP contribution in [0.4, 0.5) is 0 Å². The Balaban J connectivity index is 4.59. The molecular formula is C8H13NO. The molecule has 0 saturated carbocycles. The molecule has 56 valence electrons. The maximum Gasteiger partial charge on any atom is 0.244 e. The largest absolute Gasteiger partial charge is 0.366 e. The van der Waals surface area contributed by atoms with Gasteiger partial charge in [0.05, 0.1) is 0 Å². The Morgan fingerprint density at radius 3 is 2.30 bits per heavy atom. The third-order valence-electron chi connectivity index (χ3n) is 1.48. The minimum atomic E-state index is -0.364. The first kappa shape index (κ1) is 8.95. The maximum absolute atomic E-state index is 10.6.